The number of phenolic OH excluding ortho intramolecular Hbond substituents is 1. The lowest BCUT2D eigenvalue weighted by molar-refractivity contribution is 0.474. The highest BCUT2D eigenvalue weighted by atomic mass is 32.2. The topological polar surface area (TPSA) is 66.4 Å². The first-order chi connectivity index (χ1) is 8.06. The molecule has 0 saturated heterocycles. The van der Waals surface area contributed by atoms with Gasteiger partial charge < -0.3 is 5.11 Å². The quantitative estimate of drug-likeness (QED) is 0.585. The molecule has 17 heavy (non-hydrogen) atoms. The van der Waals surface area contributed by atoms with E-state index in [1.807, 2.05) is 0 Å². The molecule has 1 rings (SSSR count). The van der Waals surface area contributed by atoms with Gasteiger partial charge in [0.2, 0.25) is 10.0 Å². The minimum atomic E-state index is -3.46. The van der Waals surface area contributed by atoms with Crippen LogP contribution in [0.5, 0.6) is 5.75 Å². The Labute approximate surface area is 106 Å². The number of hydrogen-bond acceptors (Lipinski definition) is 4. The van der Waals surface area contributed by atoms with Gasteiger partial charge in [-0.3, -0.25) is 0 Å². The summed E-state index contributed by atoms with van der Waals surface area (Å²) in [4.78, 5) is 0.157. The van der Waals surface area contributed by atoms with E-state index >= 15 is 0 Å². The number of rotatable bonds is 7. The first-order valence-corrected chi connectivity index (χ1v) is 7.67. The minimum Gasteiger partial charge on any atom is -0.508 e. The van der Waals surface area contributed by atoms with Gasteiger partial charge in [-0.1, -0.05) is 6.08 Å². The first-order valence-electron chi connectivity index (χ1n) is 5.03. The third-order valence-electron chi connectivity index (χ3n) is 1.92. The minimum absolute atomic E-state index is 0.0467. The van der Waals surface area contributed by atoms with Crippen molar-refractivity contribution in [2.75, 3.05) is 18.1 Å². The Morgan fingerprint density at radius 2 is 2.00 bits per heavy atom. The van der Waals surface area contributed by atoms with Crippen molar-refractivity contribution in [1.82, 2.24) is 4.72 Å². The Balaban J connectivity index is 2.51. The number of hydrogen-bond donors (Lipinski definition) is 2. The number of thioether (sulfide) groups is 1. The van der Waals surface area contributed by atoms with Crippen LogP contribution in [0.3, 0.4) is 0 Å². The summed E-state index contributed by atoms with van der Waals surface area (Å²) in [6.45, 7) is 3.96. The molecule has 0 fully saturated rings. The Morgan fingerprint density at radius 3 is 2.59 bits per heavy atom. The fourth-order valence-corrected chi connectivity index (χ4v) is 2.86. The summed E-state index contributed by atoms with van der Waals surface area (Å²) >= 11 is 1.61. The lowest BCUT2D eigenvalue weighted by atomic mass is 10.3. The fourth-order valence-electron chi connectivity index (χ4n) is 1.12. The predicted molar refractivity (Wildman–Crippen MR) is 70.8 cm³/mol. The lowest BCUT2D eigenvalue weighted by Gasteiger charge is -2.06. The number of phenols is 1. The zero-order chi connectivity index (χ0) is 12.7. The normalized spacial score (nSPS) is 11.3. The Bertz CT molecular complexity index is 454. The van der Waals surface area contributed by atoms with Gasteiger partial charge in [-0.05, 0) is 24.3 Å². The van der Waals surface area contributed by atoms with Crippen LogP contribution < -0.4 is 4.72 Å². The zero-order valence-corrected chi connectivity index (χ0v) is 10.9. The molecular formula is C11H15NO3S2. The molecule has 0 spiro atoms. The predicted octanol–water partition coefficient (Wildman–Crippen LogP) is 1.59. The van der Waals surface area contributed by atoms with Crippen molar-refractivity contribution < 1.29 is 13.5 Å². The van der Waals surface area contributed by atoms with Crippen LogP contribution in [-0.2, 0) is 10.0 Å². The SMILES string of the molecule is C=CCSCCNS(=O)(=O)c1ccc(O)cc1. The van der Waals surface area contributed by atoms with E-state index in [4.69, 9.17) is 5.11 Å². The van der Waals surface area contributed by atoms with Crippen molar-refractivity contribution in [2.24, 2.45) is 0 Å². The Kier molecular flexibility index (Phi) is 5.54. The van der Waals surface area contributed by atoms with Gasteiger partial charge in [-0.25, -0.2) is 13.1 Å². The van der Waals surface area contributed by atoms with E-state index in [-0.39, 0.29) is 10.6 Å². The summed E-state index contributed by atoms with van der Waals surface area (Å²) in [6.07, 6.45) is 1.78. The van der Waals surface area contributed by atoms with E-state index < -0.39 is 10.0 Å². The molecule has 0 aliphatic rings. The molecule has 4 nitrogen and oxygen atoms in total. The molecule has 1 aromatic rings. The average Bonchev–Trinajstić information content (AvgIpc) is 2.29. The van der Waals surface area contributed by atoms with Gasteiger partial charge >= 0.3 is 0 Å². The second kappa shape index (κ2) is 6.68. The van der Waals surface area contributed by atoms with Crippen molar-refractivity contribution >= 4 is 21.8 Å². The second-order valence-corrected chi connectivity index (χ2v) is 6.17. The van der Waals surface area contributed by atoms with Crippen LogP contribution in [0.2, 0.25) is 0 Å². The molecule has 0 aliphatic carbocycles. The maximum atomic E-state index is 11.8. The van der Waals surface area contributed by atoms with Gasteiger partial charge in [0.1, 0.15) is 5.75 Å². The van der Waals surface area contributed by atoms with Crippen LogP contribution in [0.25, 0.3) is 0 Å². The molecule has 0 aromatic heterocycles. The average molecular weight is 273 g/mol. The van der Waals surface area contributed by atoms with Crippen LogP contribution in [0.4, 0.5) is 0 Å². The molecule has 0 atom stereocenters. The number of nitrogens with one attached hydrogen (secondary N) is 1. The zero-order valence-electron chi connectivity index (χ0n) is 9.30. The van der Waals surface area contributed by atoms with Crippen molar-refractivity contribution in [3.63, 3.8) is 0 Å². The van der Waals surface area contributed by atoms with Gasteiger partial charge in [0.05, 0.1) is 4.90 Å². The monoisotopic (exact) mass is 273 g/mol. The number of benzene rings is 1. The molecule has 0 unspecified atom stereocenters. The Hall–Kier alpha value is -0.980. The third-order valence-corrected chi connectivity index (χ3v) is 4.36. The molecule has 94 valence electrons. The summed E-state index contributed by atoms with van der Waals surface area (Å²) in [6, 6.07) is 5.44. The summed E-state index contributed by atoms with van der Waals surface area (Å²) in [7, 11) is -3.46. The molecule has 0 heterocycles. The van der Waals surface area contributed by atoms with E-state index in [9.17, 15) is 8.42 Å². The standard InChI is InChI=1S/C11H15NO3S2/c1-2-8-16-9-7-12-17(14,15)11-5-3-10(13)4-6-11/h2-6,12-13H,1,7-9H2. The number of aromatic hydroxyl groups is 1. The molecule has 0 radical (unpaired) electrons. The Morgan fingerprint density at radius 1 is 1.35 bits per heavy atom. The van der Waals surface area contributed by atoms with E-state index in [0.29, 0.717) is 12.3 Å². The molecule has 0 amide bonds. The van der Waals surface area contributed by atoms with E-state index in [2.05, 4.69) is 11.3 Å². The lowest BCUT2D eigenvalue weighted by Crippen LogP contribution is -2.26. The van der Waals surface area contributed by atoms with Crippen LogP contribution in [0.15, 0.2) is 41.8 Å². The molecule has 2 N–H and O–H groups in total. The number of sulfonamides is 1. The van der Waals surface area contributed by atoms with Gasteiger partial charge in [-0.15, -0.1) is 6.58 Å². The highest BCUT2D eigenvalue weighted by Gasteiger charge is 2.12. The maximum Gasteiger partial charge on any atom is 0.240 e. The smallest absolute Gasteiger partial charge is 0.240 e. The van der Waals surface area contributed by atoms with Crippen LogP contribution in [0.1, 0.15) is 0 Å². The first kappa shape index (κ1) is 14.1. The highest BCUT2D eigenvalue weighted by molar-refractivity contribution is 7.99. The van der Waals surface area contributed by atoms with Gasteiger partial charge in [0, 0.05) is 18.1 Å². The molecule has 6 heteroatoms. The van der Waals surface area contributed by atoms with E-state index in [0.717, 1.165) is 5.75 Å². The third kappa shape index (κ3) is 4.80. The summed E-state index contributed by atoms with van der Waals surface area (Å²) in [5, 5.41) is 9.07. The summed E-state index contributed by atoms with van der Waals surface area (Å²) < 4.78 is 26.0. The van der Waals surface area contributed by atoms with Crippen LogP contribution in [0, 0.1) is 0 Å². The van der Waals surface area contributed by atoms with Crippen LogP contribution >= 0.6 is 11.8 Å². The van der Waals surface area contributed by atoms with Crippen LogP contribution in [-0.4, -0.2) is 31.6 Å². The molecule has 0 bridgehead atoms. The van der Waals surface area contributed by atoms with Crippen molar-refractivity contribution in [3.8, 4) is 5.75 Å². The highest BCUT2D eigenvalue weighted by Crippen LogP contribution is 2.14. The molecular weight excluding hydrogens is 258 g/mol. The van der Waals surface area contributed by atoms with Crippen molar-refractivity contribution in [1.29, 1.82) is 0 Å². The summed E-state index contributed by atoms with van der Waals surface area (Å²) in [5.41, 5.74) is 0. The fraction of sp³-hybridized carbons (Fsp3) is 0.273. The second-order valence-electron chi connectivity index (χ2n) is 3.26. The van der Waals surface area contributed by atoms with Gasteiger partial charge in [0.15, 0.2) is 0 Å². The molecule has 0 aliphatic heterocycles. The van der Waals surface area contributed by atoms with E-state index in [1.54, 1.807) is 17.8 Å². The largest absolute Gasteiger partial charge is 0.508 e. The van der Waals surface area contributed by atoms with E-state index in [1.165, 1.54) is 24.3 Å². The van der Waals surface area contributed by atoms with Crippen molar-refractivity contribution in [2.45, 2.75) is 4.90 Å². The van der Waals surface area contributed by atoms with Gasteiger partial charge in [-0.2, -0.15) is 11.8 Å². The maximum absolute atomic E-state index is 11.8. The molecule has 0 saturated carbocycles. The van der Waals surface area contributed by atoms with Gasteiger partial charge in [0.25, 0.3) is 0 Å². The summed E-state index contributed by atoms with van der Waals surface area (Å²) in [5.74, 6) is 1.55. The van der Waals surface area contributed by atoms with Crippen molar-refractivity contribution in [3.05, 3.63) is 36.9 Å². The molecule has 1 aromatic carbocycles.